The Balaban J connectivity index is 2.47. The molecule has 0 spiro atoms. The molecule has 0 aromatic carbocycles. The zero-order valence-corrected chi connectivity index (χ0v) is 14.7. The zero-order valence-electron chi connectivity index (χ0n) is 13.0. The van der Waals surface area contributed by atoms with Crippen molar-refractivity contribution in [1.29, 1.82) is 0 Å². The van der Waals surface area contributed by atoms with Crippen molar-refractivity contribution in [3.05, 3.63) is 0 Å². The van der Waals surface area contributed by atoms with E-state index in [0.29, 0.717) is 19.0 Å². The standard InChI is InChI=1S/C14H24N2O4S2/c1-10(2)12(13(19)20)16-8-15(14(21)22-9-16)7-5-3-4-6-11(17)18/h10,12H,3-9H2,1-2H3,(H,17,18)(H,19,20)/t12-/m0/s1. The van der Waals surface area contributed by atoms with Crippen LogP contribution < -0.4 is 0 Å². The number of thioether (sulfide) groups is 1. The summed E-state index contributed by atoms with van der Waals surface area (Å²) < 4.78 is 0.794. The third-order valence-corrected chi connectivity index (χ3v) is 5.14. The third-order valence-electron chi connectivity index (χ3n) is 3.56. The van der Waals surface area contributed by atoms with Gasteiger partial charge in [0.1, 0.15) is 10.4 Å². The van der Waals surface area contributed by atoms with E-state index in [9.17, 15) is 14.7 Å². The van der Waals surface area contributed by atoms with Gasteiger partial charge in [-0.2, -0.15) is 0 Å². The summed E-state index contributed by atoms with van der Waals surface area (Å²) in [6.07, 6.45) is 2.56. The number of nitrogens with zero attached hydrogens (tertiary/aromatic N) is 2. The van der Waals surface area contributed by atoms with Crippen LogP contribution in [0.1, 0.15) is 39.5 Å². The van der Waals surface area contributed by atoms with Crippen LogP contribution in [0.15, 0.2) is 0 Å². The highest BCUT2D eigenvalue weighted by Gasteiger charge is 2.33. The molecule has 0 amide bonds. The van der Waals surface area contributed by atoms with Crippen molar-refractivity contribution < 1.29 is 19.8 Å². The van der Waals surface area contributed by atoms with Crippen molar-refractivity contribution in [2.45, 2.75) is 45.6 Å². The Morgan fingerprint density at radius 3 is 2.50 bits per heavy atom. The highest BCUT2D eigenvalue weighted by Crippen LogP contribution is 2.24. The number of hydrogen-bond donors (Lipinski definition) is 2. The molecule has 1 aliphatic rings. The van der Waals surface area contributed by atoms with Gasteiger partial charge in [0, 0.05) is 13.0 Å². The van der Waals surface area contributed by atoms with Crippen LogP contribution >= 0.6 is 24.0 Å². The molecule has 8 heteroatoms. The van der Waals surface area contributed by atoms with Crippen LogP contribution in [0.5, 0.6) is 0 Å². The van der Waals surface area contributed by atoms with Crippen LogP contribution in [0.3, 0.4) is 0 Å². The van der Waals surface area contributed by atoms with Crippen LogP contribution in [-0.2, 0) is 9.59 Å². The molecule has 0 radical (unpaired) electrons. The molecular formula is C14H24N2O4S2. The Kier molecular flexibility index (Phi) is 8.13. The van der Waals surface area contributed by atoms with Crippen LogP contribution in [0.2, 0.25) is 0 Å². The second kappa shape index (κ2) is 9.32. The van der Waals surface area contributed by atoms with Gasteiger partial charge < -0.3 is 15.1 Å². The number of hydrogen-bond acceptors (Lipinski definition) is 5. The number of carboxylic acid groups (broad SMARTS) is 2. The lowest BCUT2D eigenvalue weighted by atomic mass is 10.0. The highest BCUT2D eigenvalue weighted by molar-refractivity contribution is 8.22. The van der Waals surface area contributed by atoms with E-state index in [2.05, 4.69) is 0 Å². The largest absolute Gasteiger partial charge is 0.481 e. The Hall–Kier alpha value is -0.860. The molecule has 0 aromatic heterocycles. The number of unbranched alkanes of at least 4 members (excludes halogenated alkanes) is 2. The van der Waals surface area contributed by atoms with Crippen molar-refractivity contribution in [1.82, 2.24) is 9.80 Å². The van der Waals surface area contributed by atoms with Crippen LogP contribution in [0.25, 0.3) is 0 Å². The molecule has 1 fully saturated rings. The Morgan fingerprint density at radius 1 is 1.27 bits per heavy atom. The molecule has 1 heterocycles. The van der Waals surface area contributed by atoms with E-state index >= 15 is 0 Å². The van der Waals surface area contributed by atoms with Crippen LogP contribution in [-0.4, -0.2) is 61.4 Å². The quantitative estimate of drug-likeness (QED) is 0.485. The van der Waals surface area contributed by atoms with E-state index in [-0.39, 0.29) is 12.3 Å². The van der Waals surface area contributed by atoms with Gasteiger partial charge in [-0.25, -0.2) is 0 Å². The average Bonchev–Trinajstić information content (AvgIpc) is 2.40. The molecule has 2 N–H and O–H groups in total. The van der Waals surface area contributed by atoms with E-state index in [1.54, 1.807) is 0 Å². The number of aliphatic carboxylic acids is 2. The second-order valence-corrected chi connectivity index (χ2v) is 7.34. The van der Waals surface area contributed by atoms with Gasteiger partial charge in [-0.15, -0.1) is 0 Å². The second-order valence-electron chi connectivity index (χ2n) is 5.76. The summed E-state index contributed by atoms with van der Waals surface area (Å²) >= 11 is 6.83. The van der Waals surface area contributed by atoms with Crippen molar-refractivity contribution in [3.63, 3.8) is 0 Å². The third kappa shape index (κ3) is 6.10. The maximum atomic E-state index is 11.4. The molecule has 0 aliphatic carbocycles. The number of carboxylic acids is 2. The fourth-order valence-corrected chi connectivity index (χ4v) is 3.65. The Bertz CT molecular complexity index is 418. The predicted octanol–water partition coefficient (Wildman–Crippen LogP) is 2.29. The van der Waals surface area contributed by atoms with Crippen molar-refractivity contribution >= 4 is 40.2 Å². The molecule has 0 aromatic rings. The fourth-order valence-electron chi connectivity index (χ4n) is 2.50. The lowest BCUT2D eigenvalue weighted by molar-refractivity contribution is -0.145. The Labute approximate surface area is 140 Å². The summed E-state index contributed by atoms with van der Waals surface area (Å²) in [6.45, 7) is 5.09. The number of rotatable bonds is 9. The van der Waals surface area contributed by atoms with Crippen molar-refractivity contribution in [2.24, 2.45) is 5.92 Å². The van der Waals surface area contributed by atoms with E-state index in [4.69, 9.17) is 17.3 Å². The number of carbonyl (C=O) groups is 2. The molecule has 6 nitrogen and oxygen atoms in total. The van der Waals surface area contributed by atoms with Gasteiger partial charge in [0.15, 0.2) is 0 Å². The van der Waals surface area contributed by atoms with Gasteiger partial charge in [-0.05, 0) is 18.8 Å². The minimum Gasteiger partial charge on any atom is -0.481 e. The topological polar surface area (TPSA) is 81.1 Å². The first kappa shape index (κ1) is 19.2. The van der Waals surface area contributed by atoms with Gasteiger partial charge in [0.25, 0.3) is 0 Å². The zero-order chi connectivity index (χ0) is 16.7. The summed E-state index contributed by atoms with van der Waals surface area (Å²) in [7, 11) is 0. The molecule has 0 bridgehead atoms. The van der Waals surface area contributed by atoms with Gasteiger partial charge in [0.05, 0.1) is 12.5 Å². The minimum absolute atomic E-state index is 0.0298. The molecule has 0 saturated carbocycles. The van der Waals surface area contributed by atoms with E-state index in [0.717, 1.165) is 23.7 Å². The first-order valence-electron chi connectivity index (χ1n) is 7.43. The van der Waals surface area contributed by atoms with Gasteiger partial charge >= 0.3 is 11.9 Å². The first-order chi connectivity index (χ1) is 10.3. The van der Waals surface area contributed by atoms with Crippen LogP contribution in [0, 0.1) is 5.92 Å². The van der Waals surface area contributed by atoms with E-state index < -0.39 is 18.0 Å². The summed E-state index contributed by atoms with van der Waals surface area (Å²) in [5.74, 6) is -0.938. The molecule has 126 valence electrons. The molecule has 1 atom stereocenters. The van der Waals surface area contributed by atoms with E-state index in [1.807, 2.05) is 23.6 Å². The summed E-state index contributed by atoms with van der Waals surface area (Å²) in [5.41, 5.74) is 0. The molecule has 1 saturated heterocycles. The molecule has 22 heavy (non-hydrogen) atoms. The number of thiocarbonyl (C=S) groups is 1. The van der Waals surface area contributed by atoms with E-state index in [1.165, 1.54) is 11.8 Å². The van der Waals surface area contributed by atoms with Crippen LogP contribution in [0.4, 0.5) is 0 Å². The maximum Gasteiger partial charge on any atom is 0.321 e. The molecule has 1 aliphatic heterocycles. The highest BCUT2D eigenvalue weighted by atomic mass is 32.2. The first-order valence-corrected chi connectivity index (χ1v) is 8.82. The smallest absolute Gasteiger partial charge is 0.321 e. The molecular weight excluding hydrogens is 324 g/mol. The fraction of sp³-hybridized carbons (Fsp3) is 0.786. The van der Waals surface area contributed by atoms with Gasteiger partial charge in [-0.1, -0.05) is 44.2 Å². The summed E-state index contributed by atoms with van der Waals surface area (Å²) in [5, 5.41) is 18.0. The van der Waals surface area contributed by atoms with Crippen molar-refractivity contribution in [3.8, 4) is 0 Å². The normalized spacial score (nSPS) is 17.8. The maximum absolute atomic E-state index is 11.4. The van der Waals surface area contributed by atoms with Gasteiger partial charge in [0.2, 0.25) is 0 Å². The predicted molar refractivity (Wildman–Crippen MR) is 90.8 cm³/mol. The molecule has 1 rings (SSSR count). The molecule has 0 unspecified atom stereocenters. The summed E-state index contributed by atoms with van der Waals surface area (Å²) in [4.78, 5) is 25.9. The average molecular weight is 348 g/mol. The lowest BCUT2D eigenvalue weighted by Crippen LogP contribution is -2.53. The van der Waals surface area contributed by atoms with Gasteiger partial charge in [-0.3, -0.25) is 14.5 Å². The Morgan fingerprint density at radius 2 is 1.95 bits per heavy atom. The SMILES string of the molecule is CC(C)[C@@H](C(=O)O)N1CSC(=S)N(CCCCCC(=O)O)C1. The van der Waals surface area contributed by atoms with Crippen molar-refractivity contribution in [2.75, 3.05) is 19.1 Å². The minimum atomic E-state index is -0.801. The monoisotopic (exact) mass is 348 g/mol. The lowest BCUT2D eigenvalue weighted by Gasteiger charge is -2.40. The summed E-state index contributed by atoms with van der Waals surface area (Å²) in [6, 6.07) is -0.509.